The van der Waals surface area contributed by atoms with E-state index in [0.29, 0.717) is 12.1 Å². The number of nitrogens with zero attached hydrogens (tertiary/aromatic N) is 1. The van der Waals surface area contributed by atoms with Gasteiger partial charge in [0.25, 0.3) is 5.69 Å². The Balaban J connectivity index is 3.11. The first-order chi connectivity index (χ1) is 8.04. The predicted octanol–water partition coefficient (Wildman–Crippen LogP) is 1.96. The normalized spacial score (nSPS) is 12.2. The highest BCUT2D eigenvalue weighted by Crippen LogP contribution is 2.29. The molecule has 100 valence electrons. The second-order valence-electron chi connectivity index (χ2n) is 2.86. The van der Waals surface area contributed by atoms with E-state index in [1.165, 1.54) is 0 Å². The van der Waals surface area contributed by atoms with E-state index in [4.69, 9.17) is 0 Å². The third-order valence-corrected chi connectivity index (χ3v) is 2.58. The fourth-order valence-electron chi connectivity index (χ4n) is 0.836. The lowest BCUT2D eigenvalue weighted by Gasteiger charge is -2.09. The lowest BCUT2D eigenvalue weighted by molar-refractivity contribution is -0.385. The molecule has 0 saturated heterocycles. The number of benzene rings is 1. The molecule has 0 aliphatic carbocycles. The summed E-state index contributed by atoms with van der Waals surface area (Å²) < 4.78 is 73.4. The van der Waals surface area contributed by atoms with Crippen LogP contribution in [0.4, 0.5) is 23.2 Å². The van der Waals surface area contributed by atoms with E-state index in [9.17, 15) is 36.1 Å². The topological polar surface area (TPSA) is 86.5 Å². The number of nitro benzene ring substituents is 1. The zero-order chi connectivity index (χ0) is 14.1. The fourth-order valence-corrected chi connectivity index (χ4v) is 1.30. The van der Waals surface area contributed by atoms with E-state index < -0.39 is 37.8 Å². The third kappa shape index (κ3) is 2.85. The van der Waals surface area contributed by atoms with Gasteiger partial charge in [-0.2, -0.15) is 21.6 Å². The SMILES string of the molecule is O=[N+]([O-])c1ccc(OS(=O)(=O)C(F)(F)F)c(F)c1. The van der Waals surface area contributed by atoms with Crippen LogP contribution < -0.4 is 4.18 Å². The van der Waals surface area contributed by atoms with Gasteiger partial charge >= 0.3 is 15.6 Å². The summed E-state index contributed by atoms with van der Waals surface area (Å²) in [6, 6.07) is 1.25. The molecule has 0 spiro atoms. The van der Waals surface area contributed by atoms with Crippen molar-refractivity contribution in [2.24, 2.45) is 0 Å². The van der Waals surface area contributed by atoms with Crippen molar-refractivity contribution in [3.8, 4) is 5.75 Å². The molecule has 1 aromatic rings. The van der Waals surface area contributed by atoms with Crippen LogP contribution in [0, 0.1) is 15.9 Å². The van der Waals surface area contributed by atoms with Crippen LogP contribution in [-0.2, 0) is 10.1 Å². The first kappa shape index (κ1) is 14.2. The Morgan fingerprint density at radius 3 is 2.22 bits per heavy atom. The van der Waals surface area contributed by atoms with Crippen molar-refractivity contribution in [2.45, 2.75) is 5.51 Å². The number of rotatable bonds is 3. The van der Waals surface area contributed by atoms with Gasteiger partial charge in [0.2, 0.25) is 0 Å². The largest absolute Gasteiger partial charge is 0.534 e. The number of non-ortho nitro benzene ring substituents is 1. The Kier molecular flexibility index (Phi) is 3.46. The van der Waals surface area contributed by atoms with Gasteiger partial charge in [-0.3, -0.25) is 10.1 Å². The van der Waals surface area contributed by atoms with Crippen LogP contribution in [0.5, 0.6) is 5.75 Å². The monoisotopic (exact) mass is 289 g/mol. The summed E-state index contributed by atoms with van der Waals surface area (Å²) in [6.45, 7) is 0. The van der Waals surface area contributed by atoms with Crippen LogP contribution >= 0.6 is 0 Å². The molecule has 0 fully saturated rings. The minimum atomic E-state index is -6.02. The summed E-state index contributed by atoms with van der Waals surface area (Å²) in [6.07, 6.45) is 0. The molecule has 0 bridgehead atoms. The molecule has 0 saturated carbocycles. The number of alkyl halides is 3. The summed E-state index contributed by atoms with van der Waals surface area (Å²) in [5, 5.41) is 10.2. The fraction of sp³-hybridized carbons (Fsp3) is 0.143. The van der Waals surface area contributed by atoms with Crippen molar-refractivity contribution in [3.05, 3.63) is 34.1 Å². The molecule has 18 heavy (non-hydrogen) atoms. The molecule has 1 aromatic carbocycles. The van der Waals surface area contributed by atoms with Gasteiger partial charge in [0.15, 0.2) is 11.6 Å². The van der Waals surface area contributed by atoms with Crippen LogP contribution in [0.2, 0.25) is 0 Å². The second-order valence-corrected chi connectivity index (χ2v) is 4.39. The molecule has 11 heteroatoms. The van der Waals surface area contributed by atoms with Gasteiger partial charge in [0.05, 0.1) is 11.0 Å². The van der Waals surface area contributed by atoms with Gasteiger partial charge in [0, 0.05) is 6.07 Å². The van der Waals surface area contributed by atoms with E-state index >= 15 is 0 Å². The Bertz CT molecular complexity index is 582. The van der Waals surface area contributed by atoms with E-state index in [-0.39, 0.29) is 6.07 Å². The van der Waals surface area contributed by atoms with Crippen LogP contribution in [0.1, 0.15) is 0 Å². The zero-order valence-corrected chi connectivity index (χ0v) is 8.96. The van der Waals surface area contributed by atoms with Crippen LogP contribution in [0.3, 0.4) is 0 Å². The van der Waals surface area contributed by atoms with Gasteiger partial charge in [0.1, 0.15) is 0 Å². The summed E-state index contributed by atoms with van der Waals surface area (Å²) in [5.74, 6) is -2.88. The van der Waals surface area contributed by atoms with Crippen molar-refractivity contribution < 1.29 is 35.1 Å². The van der Waals surface area contributed by atoms with Gasteiger partial charge in [-0.1, -0.05) is 0 Å². The van der Waals surface area contributed by atoms with Crippen LogP contribution in [0.15, 0.2) is 18.2 Å². The summed E-state index contributed by atoms with van der Waals surface area (Å²) >= 11 is 0. The quantitative estimate of drug-likeness (QED) is 0.279. The molecular formula is C7H3F4NO5S. The zero-order valence-electron chi connectivity index (χ0n) is 8.14. The van der Waals surface area contributed by atoms with Crippen molar-refractivity contribution in [2.75, 3.05) is 0 Å². The predicted molar refractivity (Wildman–Crippen MR) is 48.7 cm³/mol. The molecular weight excluding hydrogens is 286 g/mol. The van der Waals surface area contributed by atoms with Gasteiger partial charge in [-0.25, -0.2) is 4.39 Å². The molecule has 0 N–H and O–H groups in total. The van der Waals surface area contributed by atoms with Crippen molar-refractivity contribution in [3.63, 3.8) is 0 Å². The molecule has 0 unspecified atom stereocenters. The van der Waals surface area contributed by atoms with E-state index in [0.717, 1.165) is 0 Å². The molecule has 0 heterocycles. The first-order valence-corrected chi connectivity index (χ1v) is 5.40. The van der Waals surface area contributed by atoms with Crippen molar-refractivity contribution in [1.29, 1.82) is 0 Å². The van der Waals surface area contributed by atoms with Gasteiger partial charge in [-0.05, 0) is 6.07 Å². The molecule has 0 aliphatic heterocycles. The average molecular weight is 289 g/mol. The highest BCUT2D eigenvalue weighted by molar-refractivity contribution is 7.88. The number of hydrogen-bond acceptors (Lipinski definition) is 5. The lowest BCUT2D eigenvalue weighted by atomic mass is 10.3. The smallest absolute Gasteiger partial charge is 0.373 e. The second kappa shape index (κ2) is 4.40. The number of halogens is 4. The molecule has 0 aromatic heterocycles. The minimum Gasteiger partial charge on any atom is -0.373 e. The Labute approximate surface area is 97.1 Å². The Morgan fingerprint density at radius 1 is 1.28 bits per heavy atom. The number of nitro groups is 1. The summed E-state index contributed by atoms with van der Waals surface area (Å²) in [7, 11) is -6.02. The highest BCUT2D eigenvalue weighted by atomic mass is 32.2. The molecule has 0 atom stereocenters. The highest BCUT2D eigenvalue weighted by Gasteiger charge is 2.48. The van der Waals surface area contributed by atoms with E-state index in [1.807, 2.05) is 0 Å². The first-order valence-electron chi connectivity index (χ1n) is 3.99. The minimum absolute atomic E-state index is 0.237. The van der Waals surface area contributed by atoms with Crippen LogP contribution in [0.25, 0.3) is 0 Å². The van der Waals surface area contributed by atoms with Crippen LogP contribution in [-0.4, -0.2) is 18.8 Å². The Hall–Kier alpha value is -1.91. The molecule has 0 aliphatic rings. The average Bonchev–Trinajstić information content (AvgIpc) is 2.18. The van der Waals surface area contributed by atoms with Crippen molar-refractivity contribution in [1.82, 2.24) is 0 Å². The van der Waals surface area contributed by atoms with Gasteiger partial charge in [-0.15, -0.1) is 0 Å². The molecule has 1 rings (SSSR count). The maximum Gasteiger partial charge on any atom is 0.534 e. The lowest BCUT2D eigenvalue weighted by Crippen LogP contribution is -2.28. The summed E-state index contributed by atoms with van der Waals surface area (Å²) in [4.78, 5) is 9.20. The maximum atomic E-state index is 13.1. The van der Waals surface area contributed by atoms with Crippen molar-refractivity contribution >= 4 is 15.8 Å². The summed E-state index contributed by atoms with van der Waals surface area (Å²) in [5.41, 5.74) is -6.48. The standard InChI is InChI=1S/C7H3F4NO5S/c8-5-3-4(12(13)14)1-2-6(5)17-18(15,16)7(9,10)11/h1-3H. The number of hydrogen-bond donors (Lipinski definition) is 0. The Morgan fingerprint density at radius 2 is 1.83 bits per heavy atom. The van der Waals surface area contributed by atoms with Gasteiger partial charge < -0.3 is 4.18 Å². The maximum absolute atomic E-state index is 13.1. The van der Waals surface area contributed by atoms with E-state index in [1.54, 1.807) is 0 Å². The third-order valence-electron chi connectivity index (χ3n) is 1.61. The molecule has 0 amide bonds. The molecule has 0 radical (unpaired) electrons. The molecule has 6 nitrogen and oxygen atoms in total. The van der Waals surface area contributed by atoms with E-state index in [2.05, 4.69) is 4.18 Å².